The molecular formula is C13H15BrN4S. The van der Waals surface area contributed by atoms with Gasteiger partial charge in [-0.25, -0.2) is 15.0 Å². The van der Waals surface area contributed by atoms with E-state index in [0.29, 0.717) is 5.92 Å². The summed E-state index contributed by atoms with van der Waals surface area (Å²) in [4.78, 5) is 13.4. The molecule has 4 nitrogen and oxygen atoms in total. The molecule has 0 spiro atoms. The van der Waals surface area contributed by atoms with Gasteiger partial charge in [-0.05, 0) is 42.6 Å². The van der Waals surface area contributed by atoms with Crippen molar-refractivity contribution in [1.29, 1.82) is 0 Å². The molecule has 0 radical (unpaired) electrons. The lowest BCUT2D eigenvalue weighted by Crippen LogP contribution is -2.28. The predicted molar refractivity (Wildman–Crippen MR) is 80.5 cm³/mol. The quantitative estimate of drug-likeness (QED) is 0.858. The number of anilines is 1. The number of aromatic nitrogens is 3. The first kappa shape index (κ1) is 13.0. The Morgan fingerprint density at radius 1 is 1.37 bits per heavy atom. The maximum atomic E-state index is 4.62. The van der Waals surface area contributed by atoms with Crippen LogP contribution in [-0.4, -0.2) is 15.0 Å². The van der Waals surface area contributed by atoms with Gasteiger partial charge >= 0.3 is 0 Å². The van der Waals surface area contributed by atoms with Crippen molar-refractivity contribution in [2.75, 3.05) is 5.32 Å². The van der Waals surface area contributed by atoms with Gasteiger partial charge in [-0.3, -0.25) is 0 Å². The standard InChI is InChI=1S/C13H15BrN4S/c1-13(2,12-15-5-6-19-12)18-10-7-9(14)16-11(17-10)8-3-4-8/h5-8H,3-4H2,1-2H3,(H,16,17,18). The Labute approximate surface area is 124 Å². The topological polar surface area (TPSA) is 50.7 Å². The first-order valence-corrected chi connectivity index (χ1v) is 7.94. The van der Waals surface area contributed by atoms with Crippen molar-refractivity contribution in [3.05, 3.63) is 33.1 Å². The van der Waals surface area contributed by atoms with Crippen LogP contribution in [-0.2, 0) is 5.54 Å². The monoisotopic (exact) mass is 338 g/mol. The highest BCUT2D eigenvalue weighted by molar-refractivity contribution is 9.10. The zero-order valence-electron chi connectivity index (χ0n) is 10.9. The van der Waals surface area contributed by atoms with Gasteiger partial charge in [0.2, 0.25) is 0 Å². The molecule has 2 heterocycles. The smallest absolute Gasteiger partial charge is 0.135 e. The molecule has 2 aromatic heterocycles. The van der Waals surface area contributed by atoms with Crippen LogP contribution in [0, 0.1) is 0 Å². The fourth-order valence-electron chi connectivity index (χ4n) is 1.93. The summed E-state index contributed by atoms with van der Waals surface area (Å²) >= 11 is 5.11. The fraction of sp³-hybridized carbons (Fsp3) is 0.462. The van der Waals surface area contributed by atoms with E-state index in [1.807, 2.05) is 17.6 Å². The van der Waals surface area contributed by atoms with Gasteiger partial charge in [0.05, 0.1) is 5.54 Å². The van der Waals surface area contributed by atoms with Crippen LogP contribution in [0.2, 0.25) is 0 Å². The SMILES string of the molecule is CC(C)(Nc1cc(Br)nc(C2CC2)n1)c1nccs1. The average molecular weight is 339 g/mol. The van der Waals surface area contributed by atoms with Crippen LogP contribution in [0.15, 0.2) is 22.2 Å². The van der Waals surface area contributed by atoms with Gasteiger partial charge in [0.15, 0.2) is 0 Å². The molecule has 0 unspecified atom stereocenters. The molecule has 1 fully saturated rings. The van der Waals surface area contributed by atoms with E-state index >= 15 is 0 Å². The zero-order valence-corrected chi connectivity index (χ0v) is 13.3. The maximum Gasteiger partial charge on any atom is 0.135 e. The number of halogens is 1. The van der Waals surface area contributed by atoms with E-state index in [2.05, 4.69) is 50.0 Å². The number of hydrogen-bond donors (Lipinski definition) is 1. The van der Waals surface area contributed by atoms with Crippen molar-refractivity contribution in [3.63, 3.8) is 0 Å². The van der Waals surface area contributed by atoms with Gasteiger partial charge in [0.25, 0.3) is 0 Å². The molecule has 0 atom stereocenters. The van der Waals surface area contributed by atoms with E-state index in [9.17, 15) is 0 Å². The highest BCUT2D eigenvalue weighted by Gasteiger charge is 2.28. The predicted octanol–water partition coefficient (Wildman–Crippen LogP) is 3.92. The lowest BCUT2D eigenvalue weighted by molar-refractivity contribution is 0.599. The Kier molecular flexibility index (Phi) is 3.30. The lowest BCUT2D eigenvalue weighted by atomic mass is 10.1. The molecule has 1 N–H and O–H groups in total. The Hall–Kier alpha value is -1.01. The van der Waals surface area contributed by atoms with E-state index in [0.717, 1.165) is 21.3 Å². The van der Waals surface area contributed by atoms with Gasteiger partial charge in [-0.15, -0.1) is 11.3 Å². The number of thiazole rings is 1. The molecule has 2 aromatic rings. The van der Waals surface area contributed by atoms with Gasteiger partial charge in [0, 0.05) is 23.6 Å². The molecule has 6 heteroatoms. The normalized spacial score (nSPS) is 15.5. The largest absolute Gasteiger partial charge is 0.359 e. The number of nitrogens with zero attached hydrogens (tertiary/aromatic N) is 3. The molecule has 0 saturated heterocycles. The van der Waals surface area contributed by atoms with Crippen molar-refractivity contribution in [1.82, 2.24) is 15.0 Å². The highest BCUT2D eigenvalue weighted by Crippen LogP contribution is 2.39. The molecule has 0 aromatic carbocycles. The van der Waals surface area contributed by atoms with E-state index in [4.69, 9.17) is 0 Å². The summed E-state index contributed by atoms with van der Waals surface area (Å²) in [5, 5.41) is 6.49. The van der Waals surface area contributed by atoms with Crippen molar-refractivity contribution < 1.29 is 0 Å². The van der Waals surface area contributed by atoms with Crippen LogP contribution in [0.5, 0.6) is 0 Å². The Morgan fingerprint density at radius 3 is 2.79 bits per heavy atom. The van der Waals surface area contributed by atoms with E-state index in [1.54, 1.807) is 11.3 Å². The Balaban J connectivity index is 1.86. The minimum Gasteiger partial charge on any atom is -0.359 e. The summed E-state index contributed by atoms with van der Waals surface area (Å²) in [5.74, 6) is 2.33. The van der Waals surface area contributed by atoms with Gasteiger partial charge in [-0.1, -0.05) is 0 Å². The number of hydrogen-bond acceptors (Lipinski definition) is 5. The summed E-state index contributed by atoms with van der Waals surface area (Å²) in [7, 11) is 0. The van der Waals surface area contributed by atoms with Crippen LogP contribution in [0.3, 0.4) is 0 Å². The molecule has 3 rings (SSSR count). The lowest BCUT2D eigenvalue weighted by Gasteiger charge is -2.24. The van der Waals surface area contributed by atoms with E-state index in [-0.39, 0.29) is 5.54 Å². The summed E-state index contributed by atoms with van der Waals surface area (Å²) in [6.45, 7) is 4.22. The first-order valence-electron chi connectivity index (χ1n) is 6.27. The second kappa shape index (κ2) is 4.83. The molecule has 100 valence electrons. The number of nitrogens with one attached hydrogen (secondary N) is 1. The second-order valence-electron chi connectivity index (χ2n) is 5.30. The van der Waals surface area contributed by atoms with Crippen molar-refractivity contribution in [3.8, 4) is 0 Å². The summed E-state index contributed by atoms with van der Waals surface area (Å²) in [6.07, 6.45) is 4.23. The van der Waals surface area contributed by atoms with Gasteiger partial charge in [0.1, 0.15) is 21.3 Å². The highest BCUT2D eigenvalue weighted by atomic mass is 79.9. The van der Waals surface area contributed by atoms with Crippen LogP contribution in [0.25, 0.3) is 0 Å². The summed E-state index contributed by atoms with van der Waals surface area (Å²) in [5.41, 5.74) is -0.233. The minimum absolute atomic E-state index is 0.233. The minimum atomic E-state index is -0.233. The fourth-order valence-corrected chi connectivity index (χ4v) is 3.05. The van der Waals surface area contributed by atoms with Gasteiger partial charge < -0.3 is 5.32 Å². The van der Waals surface area contributed by atoms with Crippen LogP contribution in [0.4, 0.5) is 5.82 Å². The maximum absolute atomic E-state index is 4.62. The first-order chi connectivity index (χ1) is 9.04. The molecule has 1 aliphatic carbocycles. The van der Waals surface area contributed by atoms with Crippen LogP contribution in [0.1, 0.15) is 43.4 Å². The third-order valence-electron chi connectivity index (χ3n) is 3.06. The molecule has 1 aliphatic rings. The average Bonchev–Trinajstić information content (AvgIpc) is 3.02. The summed E-state index contributed by atoms with van der Waals surface area (Å²) in [6, 6.07) is 1.92. The molecule has 0 aliphatic heterocycles. The zero-order chi connectivity index (χ0) is 13.5. The third-order valence-corrected chi connectivity index (χ3v) is 4.57. The Morgan fingerprint density at radius 2 is 2.16 bits per heavy atom. The van der Waals surface area contributed by atoms with Crippen LogP contribution < -0.4 is 5.32 Å². The summed E-state index contributed by atoms with van der Waals surface area (Å²) < 4.78 is 0.835. The van der Waals surface area contributed by atoms with Crippen molar-refractivity contribution in [2.45, 2.75) is 38.1 Å². The molecule has 0 amide bonds. The van der Waals surface area contributed by atoms with Gasteiger partial charge in [-0.2, -0.15) is 0 Å². The van der Waals surface area contributed by atoms with E-state index in [1.165, 1.54) is 12.8 Å². The second-order valence-corrected chi connectivity index (χ2v) is 7.00. The number of rotatable bonds is 4. The third kappa shape index (κ3) is 2.95. The molecule has 19 heavy (non-hydrogen) atoms. The van der Waals surface area contributed by atoms with E-state index < -0.39 is 0 Å². The molecule has 0 bridgehead atoms. The van der Waals surface area contributed by atoms with Crippen molar-refractivity contribution in [2.24, 2.45) is 0 Å². The molecular weight excluding hydrogens is 324 g/mol. The van der Waals surface area contributed by atoms with Crippen molar-refractivity contribution >= 4 is 33.1 Å². The Bertz CT molecular complexity index is 578. The van der Waals surface area contributed by atoms with Crippen LogP contribution >= 0.6 is 27.3 Å². The molecule has 1 saturated carbocycles.